The van der Waals surface area contributed by atoms with Crippen LogP contribution in [0.5, 0.6) is 0 Å². The van der Waals surface area contributed by atoms with E-state index in [4.69, 9.17) is 0 Å². The third-order valence-corrected chi connectivity index (χ3v) is 4.36. The van der Waals surface area contributed by atoms with Crippen molar-refractivity contribution in [3.8, 4) is 0 Å². The molecule has 0 aromatic heterocycles. The molecule has 2 rings (SSSR count). The molecule has 0 unspecified atom stereocenters. The van der Waals surface area contributed by atoms with E-state index < -0.39 is 0 Å². The molecule has 2 aliphatic rings. The normalized spacial score (nSPS) is 36.9. The summed E-state index contributed by atoms with van der Waals surface area (Å²) in [5.74, 6) is 0.836. The second-order valence-electron chi connectivity index (χ2n) is 5.49. The second-order valence-corrected chi connectivity index (χ2v) is 5.49. The van der Waals surface area contributed by atoms with Crippen molar-refractivity contribution in [3.05, 3.63) is 0 Å². The van der Waals surface area contributed by atoms with Gasteiger partial charge in [0.15, 0.2) is 0 Å². The lowest BCUT2D eigenvalue weighted by Crippen LogP contribution is -2.48. The lowest BCUT2D eigenvalue weighted by atomic mass is 9.79. The minimum Gasteiger partial charge on any atom is -0.292 e. The molecule has 0 aromatic carbocycles. The molecule has 0 radical (unpaired) electrons. The van der Waals surface area contributed by atoms with Crippen LogP contribution in [0.15, 0.2) is 0 Å². The van der Waals surface area contributed by atoms with Gasteiger partial charge in [0.1, 0.15) is 0 Å². The molecule has 14 heavy (non-hydrogen) atoms. The van der Waals surface area contributed by atoms with Crippen LogP contribution >= 0.6 is 0 Å². The Labute approximate surface area is 89.9 Å². The average Bonchev–Trinajstić information content (AvgIpc) is 2.58. The Balaban J connectivity index is 0.000000980. The summed E-state index contributed by atoms with van der Waals surface area (Å²) in [6, 6.07) is 1.67. The zero-order valence-corrected chi connectivity index (χ0v) is 9.51. The Morgan fingerprint density at radius 1 is 1.07 bits per heavy atom. The highest BCUT2D eigenvalue weighted by molar-refractivity contribution is 5.09. The molecule has 0 N–H and O–H groups in total. The van der Waals surface area contributed by atoms with E-state index in [2.05, 4.69) is 32.6 Å². The Kier molecular flexibility index (Phi) is 3.30. The van der Waals surface area contributed by atoms with Gasteiger partial charge in [-0.15, -0.1) is 0 Å². The fourth-order valence-electron chi connectivity index (χ4n) is 3.81. The maximum Gasteiger partial charge on any atom is 0.0239 e. The molecule has 0 spiro atoms. The van der Waals surface area contributed by atoms with Gasteiger partial charge in [-0.05, 0) is 45.4 Å². The highest BCUT2D eigenvalue weighted by atomic mass is 15.3. The van der Waals surface area contributed by atoms with Gasteiger partial charge in [0, 0.05) is 17.6 Å². The second kappa shape index (κ2) is 3.84. The third-order valence-electron chi connectivity index (χ3n) is 4.36. The van der Waals surface area contributed by atoms with Gasteiger partial charge >= 0.3 is 0 Å². The minimum absolute atomic E-state index is 0. The van der Waals surface area contributed by atoms with Gasteiger partial charge < -0.3 is 0 Å². The molecule has 2 aliphatic heterocycles. The van der Waals surface area contributed by atoms with E-state index in [0.717, 1.165) is 18.0 Å². The Morgan fingerprint density at radius 2 is 1.57 bits per heavy atom. The van der Waals surface area contributed by atoms with Crippen molar-refractivity contribution < 1.29 is 0 Å². The van der Waals surface area contributed by atoms with Crippen molar-refractivity contribution in [1.82, 2.24) is 4.90 Å². The summed E-state index contributed by atoms with van der Waals surface area (Å²) in [7, 11) is 0. The van der Waals surface area contributed by atoms with Gasteiger partial charge in [-0.2, -0.15) is 0 Å². The van der Waals surface area contributed by atoms with Crippen LogP contribution in [0.4, 0.5) is 0 Å². The lowest BCUT2D eigenvalue weighted by molar-refractivity contribution is 0.0739. The molecule has 2 fully saturated rings. The summed E-state index contributed by atoms with van der Waals surface area (Å²) in [6.45, 7) is 9.54. The summed E-state index contributed by atoms with van der Waals surface area (Å²) < 4.78 is 0. The van der Waals surface area contributed by atoms with Gasteiger partial charge in [-0.25, -0.2) is 0 Å². The molecule has 2 heterocycles. The Bertz CT molecular complexity index is 187. The van der Waals surface area contributed by atoms with Crippen LogP contribution in [-0.4, -0.2) is 22.5 Å². The molecule has 0 saturated carbocycles. The number of fused-ring (bicyclic) bond motifs is 2. The number of rotatable bonds is 2. The van der Waals surface area contributed by atoms with Crippen molar-refractivity contribution in [2.75, 3.05) is 0 Å². The first kappa shape index (κ1) is 12.0. The van der Waals surface area contributed by atoms with Crippen LogP contribution in [0.1, 0.15) is 60.8 Å². The van der Waals surface area contributed by atoms with E-state index in [9.17, 15) is 0 Å². The quantitative estimate of drug-likeness (QED) is 0.652. The molecule has 1 heteroatoms. The topological polar surface area (TPSA) is 3.24 Å². The molecular weight excluding hydrogens is 170 g/mol. The third kappa shape index (κ3) is 1.41. The fourth-order valence-corrected chi connectivity index (χ4v) is 3.81. The van der Waals surface area contributed by atoms with Gasteiger partial charge in [0.25, 0.3) is 0 Å². The Morgan fingerprint density at radius 3 is 1.86 bits per heavy atom. The lowest BCUT2D eigenvalue weighted by Gasteiger charge is -2.41. The predicted octanol–water partition coefficient (Wildman–Crippen LogP) is 3.68. The molecule has 2 bridgehead atoms. The van der Waals surface area contributed by atoms with Crippen LogP contribution in [0, 0.1) is 5.92 Å². The first-order valence-corrected chi connectivity index (χ1v) is 5.86. The molecule has 0 aromatic rings. The minimum atomic E-state index is 0. The predicted molar refractivity (Wildman–Crippen MR) is 63.5 cm³/mol. The standard InChI is InChI=1S/C12H23N.CH4/c1-9(2)12-7-5-11(6-8-12)13(12)10(3)4;/h9-11H,5-8H2,1-4H3;1H4. The van der Waals surface area contributed by atoms with Gasteiger partial charge in [-0.3, -0.25) is 4.90 Å². The maximum absolute atomic E-state index is 2.82. The van der Waals surface area contributed by atoms with Crippen molar-refractivity contribution >= 4 is 0 Å². The summed E-state index contributed by atoms with van der Waals surface area (Å²) in [5, 5.41) is 0. The van der Waals surface area contributed by atoms with Crippen LogP contribution in [0.3, 0.4) is 0 Å². The summed E-state index contributed by atoms with van der Waals surface area (Å²) in [4.78, 5) is 2.82. The molecular formula is C13H27N. The van der Waals surface area contributed by atoms with Gasteiger partial charge in [-0.1, -0.05) is 21.3 Å². The molecule has 0 aliphatic carbocycles. The summed E-state index contributed by atoms with van der Waals surface area (Å²) in [6.07, 6.45) is 5.81. The monoisotopic (exact) mass is 197 g/mol. The van der Waals surface area contributed by atoms with Crippen molar-refractivity contribution in [2.45, 2.75) is 78.4 Å². The van der Waals surface area contributed by atoms with Crippen LogP contribution in [0.25, 0.3) is 0 Å². The van der Waals surface area contributed by atoms with Crippen molar-refractivity contribution in [1.29, 1.82) is 0 Å². The van der Waals surface area contributed by atoms with E-state index in [1.54, 1.807) is 0 Å². The van der Waals surface area contributed by atoms with Crippen molar-refractivity contribution in [2.24, 2.45) is 5.92 Å². The molecule has 0 amide bonds. The van der Waals surface area contributed by atoms with Crippen molar-refractivity contribution in [3.63, 3.8) is 0 Å². The zero-order valence-electron chi connectivity index (χ0n) is 9.51. The average molecular weight is 197 g/mol. The van der Waals surface area contributed by atoms with Crippen LogP contribution in [0.2, 0.25) is 0 Å². The van der Waals surface area contributed by atoms with E-state index in [0.29, 0.717) is 5.54 Å². The maximum atomic E-state index is 2.82. The number of hydrogen-bond acceptors (Lipinski definition) is 1. The molecule has 0 atom stereocenters. The van der Waals surface area contributed by atoms with E-state index >= 15 is 0 Å². The van der Waals surface area contributed by atoms with Gasteiger partial charge in [0.2, 0.25) is 0 Å². The number of hydrogen-bond donors (Lipinski definition) is 0. The molecule has 2 saturated heterocycles. The van der Waals surface area contributed by atoms with E-state index in [1.165, 1.54) is 25.7 Å². The van der Waals surface area contributed by atoms with E-state index in [-0.39, 0.29) is 7.43 Å². The smallest absolute Gasteiger partial charge is 0.0239 e. The molecule has 84 valence electrons. The fraction of sp³-hybridized carbons (Fsp3) is 1.00. The highest BCUT2D eigenvalue weighted by Crippen LogP contribution is 2.51. The van der Waals surface area contributed by atoms with Crippen LogP contribution in [-0.2, 0) is 0 Å². The zero-order chi connectivity index (χ0) is 9.64. The van der Waals surface area contributed by atoms with Gasteiger partial charge in [0.05, 0.1) is 0 Å². The molecule has 1 nitrogen and oxygen atoms in total. The van der Waals surface area contributed by atoms with E-state index in [1.807, 2.05) is 0 Å². The first-order chi connectivity index (χ1) is 6.08. The first-order valence-electron chi connectivity index (χ1n) is 5.86. The summed E-state index contributed by atoms with van der Waals surface area (Å²) in [5.41, 5.74) is 0.582. The largest absolute Gasteiger partial charge is 0.292 e. The SMILES string of the molecule is C.CC(C)N1C2CCC1(C(C)C)CC2. The Hall–Kier alpha value is -0.0400. The number of nitrogens with zero attached hydrogens (tertiary/aromatic N) is 1. The van der Waals surface area contributed by atoms with Crippen LogP contribution < -0.4 is 0 Å². The highest BCUT2D eigenvalue weighted by Gasteiger charge is 2.53. The summed E-state index contributed by atoms with van der Waals surface area (Å²) >= 11 is 0.